The Kier molecular flexibility index (Phi) is 11.8. The van der Waals surface area contributed by atoms with E-state index in [1.165, 1.54) is 10.6 Å². The van der Waals surface area contributed by atoms with Crippen LogP contribution in [0.5, 0.6) is 5.75 Å². The summed E-state index contributed by atoms with van der Waals surface area (Å²) in [7, 11) is -3.60. The molecule has 0 spiro atoms. The molecule has 0 unspecified atom stereocenters. The van der Waals surface area contributed by atoms with Gasteiger partial charge in [0, 0.05) is 32.0 Å². The van der Waals surface area contributed by atoms with E-state index >= 15 is 0 Å². The van der Waals surface area contributed by atoms with Crippen molar-refractivity contribution < 1.29 is 22.7 Å². The molecule has 236 valence electrons. The van der Waals surface area contributed by atoms with Gasteiger partial charge in [0.25, 0.3) is 0 Å². The Bertz CT molecular complexity index is 1470. The summed E-state index contributed by atoms with van der Waals surface area (Å²) < 4.78 is 32.3. The van der Waals surface area contributed by atoms with Gasteiger partial charge in [0.1, 0.15) is 11.8 Å². The standard InChI is InChI=1S/C35H45N3O5S/c1-4-43-32-22-20-31(21-23-32)38(44(3,41)42)24-12-19-34(39)37(26-29-16-9-8-13-27(29)2)33(25-28-14-6-5-7-15-28)35(40)36-30-17-10-11-18-30/h5-9,13-16,20-23,30,33H,4,10-12,17-19,24-26H2,1-3H3,(H,36,40)/t33-/m1/s1. The van der Waals surface area contributed by atoms with Gasteiger partial charge in [0.05, 0.1) is 18.6 Å². The van der Waals surface area contributed by atoms with Crippen molar-refractivity contribution in [2.45, 2.75) is 77.4 Å². The van der Waals surface area contributed by atoms with Crippen molar-refractivity contribution in [1.29, 1.82) is 0 Å². The highest BCUT2D eigenvalue weighted by atomic mass is 32.2. The van der Waals surface area contributed by atoms with Crippen molar-refractivity contribution in [3.63, 3.8) is 0 Å². The zero-order valence-electron chi connectivity index (χ0n) is 26.1. The molecule has 9 heteroatoms. The monoisotopic (exact) mass is 619 g/mol. The highest BCUT2D eigenvalue weighted by Gasteiger charge is 2.32. The van der Waals surface area contributed by atoms with Crippen molar-refractivity contribution in [3.05, 3.63) is 95.6 Å². The zero-order chi connectivity index (χ0) is 31.5. The first-order valence-electron chi connectivity index (χ1n) is 15.5. The lowest BCUT2D eigenvalue weighted by Crippen LogP contribution is -2.52. The predicted molar refractivity (Wildman–Crippen MR) is 175 cm³/mol. The molecule has 0 saturated heterocycles. The maximum absolute atomic E-state index is 14.1. The largest absolute Gasteiger partial charge is 0.494 e. The minimum atomic E-state index is -3.60. The number of nitrogens with one attached hydrogen (secondary N) is 1. The van der Waals surface area contributed by atoms with E-state index in [-0.39, 0.29) is 37.4 Å². The van der Waals surface area contributed by atoms with Gasteiger partial charge in [-0.3, -0.25) is 13.9 Å². The van der Waals surface area contributed by atoms with Crippen LogP contribution >= 0.6 is 0 Å². The van der Waals surface area contributed by atoms with Gasteiger partial charge < -0.3 is 15.0 Å². The van der Waals surface area contributed by atoms with E-state index in [0.29, 0.717) is 30.9 Å². The third kappa shape index (κ3) is 9.32. The number of sulfonamides is 1. The molecule has 1 aliphatic rings. The predicted octanol–water partition coefficient (Wildman–Crippen LogP) is 5.64. The number of nitrogens with zero attached hydrogens (tertiary/aromatic N) is 2. The number of hydrogen-bond donors (Lipinski definition) is 1. The average molecular weight is 620 g/mol. The van der Waals surface area contributed by atoms with Crippen LogP contribution in [0.25, 0.3) is 0 Å². The van der Waals surface area contributed by atoms with Crippen molar-refractivity contribution in [1.82, 2.24) is 10.2 Å². The van der Waals surface area contributed by atoms with Crippen LogP contribution in [0.15, 0.2) is 78.9 Å². The van der Waals surface area contributed by atoms with E-state index in [4.69, 9.17) is 4.74 Å². The molecule has 2 amide bonds. The summed E-state index contributed by atoms with van der Waals surface area (Å²) in [4.78, 5) is 29.7. The molecule has 1 N–H and O–H groups in total. The van der Waals surface area contributed by atoms with Crippen LogP contribution in [-0.4, -0.2) is 56.6 Å². The van der Waals surface area contributed by atoms with E-state index in [0.717, 1.165) is 42.4 Å². The summed E-state index contributed by atoms with van der Waals surface area (Å²) in [6.07, 6.45) is 6.02. The molecule has 44 heavy (non-hydrogen) atoms. The maximum atomic E-state index is 14.1. The van der Waals surface area contributed by atoms with Gasteiger partial charge >= 0.3 is 0 Å². The number of anilines is 1. The van der Waals surface area contributed by atoms with Gasteiger partial charge in [-0.05, 0) is 74.1 Å². The van der Waals surface area contributed by atoms with Gasteiger partial charge in [-0.25, -0.2) is 8.42 Å². The average Bonchev–Trinajstić information content (AvgIpc) is 3.51. The fraction of sp³-hybridized carbons (Fsp3) is 0.429. The SMILES string of the molecule is CCOc1ccc(N(CCCC(=O)N(Cc2ccccc2C)[C@H](Cc2ccccc2)C(=O)NC2CCCC2)S(C)(=O)=O)cc1. The van der Waals surface area contributed by atoms with Crippen LogP contribution in [0.4, 0.5) is 5.69 Å². The molecule has 0 aromatic heterocycles. The minimum absolute atomic E-state index is 0.0942. The van der Waals surface area contributed by atoms with Crippen molar-refractivity contribution in [2.75, 3.05) is 23.7 Å². The first kappa shape index (κ1) is 33.1. The van der Waals surface area contributed by atoms with Crippen LogP contribution in [0.3, 0.4) is 0 Å². The van der Waals surface area contributed by atoms with E-state index in [1.807, 2.05) is 68.4 Å². The van der Waals surface area contributed by atoms with Crippen molar-refractivity contribution >= 4 is 27.5 Å². The Labute approximate surface area is 262 Å². The Balaban J connectivity index is 1.57. The minimum Gasteiger partial charge on any atom is -0.494 e. The Hall–Kier alpha value is -3.85. The molecule has 0 heterocycles. The number of aryl methyl sites for hydroxylation is 1. The molecule has 1 aliphatic carbocycles. The smallest absolute Gasteiger partial charge is 0.243 e. The number of carbonyl (C=O) groups excluding carboxylic acids is 2. The molecule has 4 rings (SSSR count). The molecule has 1 saturated carbocycles. The summed E-state index contributed by atoms with van der Waals surface area (Å²) in [6, 6.07) is 24.0. The van der Waals surface area contributed by atoms with Gasteiger partial charge in [-0.2, -0.15) is 0 Å². The Morgan fingerprint density at radius 3 is 2.25 bits per heavy atom. The molecule has 0 radical (unpaired) electrons. The van der Waals surface area contributed by atoms with Crippen LogP contribution < -0.4 is 14.4 Å². The molecule has 1 fully saturated rings. The molecule has 0 aliphatic heterocycles. The first-order chi connectivity index (χ1) is 21.2. The van der Waals surface area contributed by atoms with Crippen molar-refractivity contribution in [3.8, 4) is 5.75 Å². The fourth-order valence-electron chi connectivity index (χ4n) is 5.77. The number of amides is 2. The van der Waals surface area contributed by atoms with Crippen molar-refractivity contribution in [2.24, 2.45) is 0 Å². The second-order valence-electron chi connectivity index (χ2n) is 11.5. The van der Waals surface area contributed by atoms with E-state index < -0.39 is 16.1 Å². The zero-order valence-corrected chi connectivity index (χ0v) is 26.9. The lowest BCUT2D eigenvalue weighted by atomic mass is 10.0. The summed E-state index contributed by atoms with van der Waals surface area (Å²) in [5, 5.41) is 3.23. The van der Waals surface area contributed by atoms with Gasteiger partial charge in [0.2, 0.25) is 21.8 Å². The lowest BCUT2D eigenvalue weighted by Gasteiger charge is -2.33. The Morgan fingerprint density at radius 2 is 1.61 bits per heavy atom. The molecule has 3 aromatic rings. The first-order valence-corrected chi connectivity index (χ1v) is 17.4. The number of hydrogen-bond acceptors (Lipinski definition) is 5. The van der Waals surface area contributed by atoms with Crippen LogP contribution in [0.2, 0.25) is 0 Å². The van der Waals surface area contributed by atoms with Gasteiger partial charge in [0.15, 0.2) is 0 Å². The molecular weight excluding hydrogens is 574 g/mol. The Morgan fingerprint density at radius 1 is 0.955 bits per heavy atom. The second-order valence-corrected chi connectivity index (χ2v) is 13.4. The number of carbonyl (C=O) groups is 2. The molecular formula is C35H45N3O5S. The molecule has 3 aromatic carbocycles. The summed E-state index contributed by atoms with van der Waals surface area (Å²) >= 11 is 0. The van der Waals surface area contributed by atoms with E-state index in [2.05, 4.69) is 5.32 Å². The summed E-state index contributed by atoms with van der Waals surface area (Å²) in [5.41, 5.74) is 3.50. The normalized spacial score (nSPS) is 14.2. The molecule has 0 bridgehead atoms. The van der Waals surface area contributed by atoms with Gasteiger partial charge in [-0.15, -0.1) is 0 Å². The van der Waals surface area contributed by atoms with Crippen LogP contribution in [-0.2, 0) is 32.6 Å². The summed E-state index contributed by atoms with van der Waals surface area (Å²) in [6.45, 7) is 4.83. The highest BCUT2D eigenvalue weighted by Crippen LogP contribution is 2.24. The highest BCUT2D eigenvalue weighted by molar-refractivity contribution is 7.92. The topological polar surface area (TPSA) is 96.0 Å². The molecule has 1 atom stereocenters. The second kappa shape index (κ2) is 15.7. The quantitative estimate of drug-likeness (QED) is 0.238. The maximum Gasteiger partial charge on any atom is 0.243 e. The number of benzene rings is 3. The molecule has 8 nitrogen and oxygen atoms in total. The van der Waals surface area contributed by atoms with Crippen LogP contribution in [0.1, 0.15) is 62.1 Å². The van der Waals surface area contributed by atoms with Crippen LogP contribution in [0, 0.1) is 6.92 Å². The van der Waals surface area contributed by atoms with E-state index in [1.54, 1.807) is 29.2 Å². The van der Waals surface area contributed by atoms with E-state index in [9.17, 15) is 18.0 Å². The number of ether oxygens (including phenoxy) is 1. The third-order valence-electron chi connectivity index (χ3n) is 8.16. The number of rotatable bonds is 15. The summed E-state index contributed by atoms with van der Waals surface area (Å²) in [5.74, 6) is 0.331. The van der Waals surface area contributed by atoms with Gasteiger partial charge in [-0.1, -0.05) is 67.4 Å². The third-order valence-corrected chi connectivity index (χ3v) is 9.36. The lowest BCUT2D eigenvalue weighted by molar-refractivity contribution is -0.141. The fourth-order valence-corrected chi connectivity index (χ4v) is 6.74.